The first kappa shape index (κ1) is 14.5. The molecule has 1 aliphatic heterocycles. The van der Waals surface area contributed by atoms with Crippen LogP contribution in [0.4, 0.5) is 0 Å². The van der Waals surface area contributed by atoms with Gasteiger partial charge in [0, 0.05) is 38.8 Å². The molecule has 0 aromatic carbocycles. The van der Waals surface area contributed by atoms with Crippen molar-refractivity contribution in [3.63, 3.8) is 0 Å². The fraction of sp³-hybridized carbons (Fsp3) is 0.800. The minimum Gasteiger partial charge on any atom is -0.311 e. The molecule has 0 amide bonds. The van der Waals surface area contributed by atoms with E-state index in [-0.39, 0.29) is 0 Å². The minimum atomic E-state index is 0.646. The predicted octanol–water partition coefficient (Wildman–Crippen LogP) is 2.03. The lowest BCUT2D eigenvalue weighted by molar-refractivity contribution is 0.175. The molecule has 19 heavy (non-hydrogen) atoms. The van der Waals surface area contributed by atoms with Crippen LogP contribution in [-0.2, 0) is 13.1 Å². The van der Waals surface area contributed by atoms with Crippen molar-refractivity contribution in [3.8, 4) is 0 Å². The van der Waals surface area contributed by atoms with E-state index in [1.54, 1.807) is 0 Å². The highest BCUT2D eigenvalue weighted by Crippen LogP contribution is 2.13. The van der Waals surface area contributed by atoms with E-state index in [1.165, 1.54) is 12.1 Å². The van der Waals surface area contributed by atoms with E-state index in [0.29, 0.717) is 6.04 Å². The van der Waals surface area contributed by atoms with Crippen LogP contribution in [0, 0.1) is 12.8 Å². The van der Waals surface area contributed by atoms with E-state index < -0.39 is 0 Å². The smallest absolute Gasteiger partial charge is 0.0597 e. The summed E-state index contributed by atoms with van der Waals surface area (Å²) < 4.78 is 2.13. The number of rotatable bonds is 5. The van der Waals surface area contributed by atoms with Gasteiger partial charge in [-0.3, -0.25) is 9.58 Å². The Morgan fingerprint density at radius 3 is 2.95 bits per heavy atom. The van der Waals surface area contributed by atoms with Gasteiger partial charge in [0.25, 0.3) is 0 Å². The monoisotopic (exact) mass is 264 g/mol. The van der Waals surface area contributed by atoms with Gasteiger partial charge in [-0.2, -0.15) is 5.10 Å². The van der Waals surface area contributed by atoms with Crippen LogP contribution < -0.4 is 5.32 Å². The SMILES string of the molecule is CCn1nc(C)cc1CN1CCNC(CC(C)C)C1. The number of nitrogens with one attached hydrogen (secondary N) is 1. The zero-order chi connectivity index (χ0) is 13.8. The van der Waals surface area contributed by atoms with Crippen molar-refractivity contribution in [3.05, 3.63) is 17.5 Å². The molecule has 1 unspecified atom stereocenters. The number of nitrogens with zero attached hydrogens (tertiary/aromatic N) is 3. The summed E-state index contributed by atoms with van der Waals surface area (Å²) in [5.74, 6) is 0.765. The van der Waals surface area contributed by atoms with Crippen molar-refractivity contribution in [2.75, 3.05) is 19.6 Å². The van der Waals surface area contributed by atoms with Gasteiger partial charge in [0.05, 0.1) is 11.4 Å². The summed E-state index contributed by atoms with van der Waals surface area (Å²) in [7, 11) is 0. The standard InChI is InChI=1S/C15H28N4/c1-5-19-15(9-13(4)17-19)11-18-7-6-16-14(10-18)8-12(2)3/h9,12,14,16H,5-8,10-11H2,1-4H3. The van der Waals surface area contributed by atoms with Gasteiger partial charge < -0.3 is 5.32 Å². The van der Waals surface area contributed by atoms with E-state index in [1.807, 2.05) is 0 Å². The van der Waals surface area contributed by atoms with Crippen LogP contribution in [0.5, 0.6) is 0 Å². The highest BCUT2D eigenvalue weighted by Gasteiger charge is 2.21. The summed E-state index contributed by atoms with van der Waals surface area (Å²) in [4.78, 5) is 2.56. The Hall–Kier alpha value is -0.870. The van der Waals surface area contributed by atoms with E-state index in [4.69, 9.17) is 0 Å². The number of aryl methyl sites for hydroxylation is 2. The summed E-state index contributed by atoms with van der Waals surface area (Å²) in [6, 6.07) is 2.87. The third-order valence-electron chi connectivity index (χ3n) is 3.77. The zero-order valence-corrected chi connectivity index (χ0v) is 12.8. The van der Waals surface area contributed by atoms with Crippen molar-refractivity contribution in [2.24, 2.45) is 5.92 Å². The average Bonchev–Trinajstić information content (AvgIpc) is 2.69. The lowest BCUT2D eigenvalue weighted by Gasteiger charge is -2.34. The first-order chi connectivity index (χ1) is 9.08. The molecular weight excluding hydrogens is 236 g/mol. The molecule has 1 atom stereocenters. The average molecular weight is 264 g/mol. The second kappa shape index (κ2) is 6.53. The van der Waals surface area contributed by atoms with Gasteiger partial charge in [0.2, 0.25) is 0 Å². The quantitative estimate of drug-likeness (QED) is 0.883. The summed E-state index contributed by atoms with van der Waals surface area (Å²) in [6.07, 6.45) is 1.27. The normalized spacial score (nSPS) is 21.2. The van der Waals surface area contributed by atoms with Crippen molar-refractivity contribution in [2.45, 2.75) is 53.2 Å². The van der Waals surface area contributed by atoms with Crippen LogP contribution in [0.25, 0.3) is 0 Å². The van der Waals surface area contributed by atoms with E-state index in [0.717, 1.165) is 44.3 Å². The fourth-order valence-electron chi connectivity index (χ4n) is 2.99. The van der Waals surface area contributed by atoms with E-state index in [2.05, 4.69) is 53.8 Å². The molecule has 1 aliphatic rings. The van der Waals surface area contributed by atoms with Gasteiger partial charge in [-0.1, -0.05) is 13.8 Å². The maximum Gasteiger partial charge on any atom is 0.0597 e. The Morgan fingerprint density at radius 1 is 1.47 bits per heavy atom. The van der Waals surface area contributed by atoms with Gasteiger partial charge in [0.1, 0.15) is 0 Å². The molecular formula is C15H28N4. The summed E-state index contributed by atoms with van der Waals surface area (Å²) in [5.41, 5.74) is 2.48. The Bertz CT molecular complexity index is 397. The second-order valence-electron chi connectivity index (χ2n) is 6.11. The third kappa shape index (κ3) is 4.05. The molecule has 4 heteroatoms. The Balaban J connectivity index is 1.94. The van der Waals surface area contributed by atoms with Crippen molar-refractivity contribution in [1.29, 1.82) is 0 Å². The predicted molar refractivity (Wildman–Crippen MR) is 79.2 cm³/mol. The molecule has 0 bridgehead atoms. The molecule has 0 aliphatic carbocycles. The van der Waals surface area contributed by atoms with E-state index >= 15 is 0 Å². The molecule has 2 rings (SSSR count). The van der Waals surface area contributed by atoms with Gasteiger partial charge in [-0.15, -0.1) is 0 Å². The van der Waals surface area contributed by atoms with Crippen LogP contribution >= 0.6 is 0 Å². The van der Waals surface area contributed by atoms with Crippen LogP contribution in [0.2, 0.25) is 0 Å². The zero-order valence-electron chi connectivity index (χ0n) is 12.8. The third-order valence-corrected chi connectivity index (χ3v) is 3.77. The Morgan fingerprint density at radius 2 is 2.26 bits per heavy atom. The van der Waals surface area contributed by atoms with E-state index in [9.17, 15) is 0 Å². The minimum absolute atomic E-state index is 0.646. The Labute approximate surface area is 117 Å². The maximum atomic E-state index is 4.54. The van der Waals surface area contributed by atoms with Gasteiger partial charge in [-0.05, 0) is 32.3 Å². The molecule has 0 spiro atoms. The first-order valence-electron chi connectivity index (χ1n) is 7.57. The summed E-state index contributed by atoms with van der Waals surface area (Å²) >= 11 is 0. The van der Waals surface area contributed by atoms with Gasteiger partial charge in [0.15, 0.2) is 0 Å². The molecule has 108 valence electrons. The van der Waals surface area contributed by atoms with Crippen LogP contribution in [-0.4, -0.2) is 40.4 Å². The van der Waals surface area contributed by atoms with Crippen LogP contribution in [0.15, 0.2) is 6.07 Å². The highest BCUT2D eigenvalue weighted by molar-refractivity contribution is 5.09. The molecule has 1 saturated heterocycles. The molecule has 1 fully saturated rings. The first-order valence-corrected chi connectivity index (χ1v) is 7.57. The molecule has 4 nitrogen and oxygen atoms in total. The topological polar surface area (TPSA) is 33.1 Å². The largest absolute Gasteiger partial charge is 0.311 e. The fourth-order valence-corrected chi connectivity index (χ4v) is 2.99. The van der Waals surface area contributed by atoms with Gasteiger partial charge >= 0.3 is 0 Å². The van der Waals surface area contributed by atoms with Crippen LogP contribution in [0.1, 0.15) is 38.6 Å². The number of piperazine rings is 1. The molecule has 0 radical (unpaired) electrons. The van der Waals surface area contributed by atoms with Crippen molar-refractivity contribution >= 4 is 0 Å². The van der Waals surface area contributed by atoms with Crippen molar-refractivity contribution in [1.82, 2.24) is 20.0 Å². The summed E-state index contributed by atoms with van der Waals surface area (Å²) in [5, 5.41) is 8.17. The highest BCUT2D eigenvalue weighted by atomic mass is 15.3. The maximum absolute atomic E-state index is 4.54. The number of hydrogen-bond donors (Lipinski definition) is 1. The summed E-state index contributed by atoms with van der Waals surface area (Å²) in [6.45, 7) is 14.2. The number of hydrogen-bond acceptors (Lipinski definition) is 3. The molecule has 1 aromatic rings. The molecule has 0 saturated carbocycles. The molecule has 1 aromatic heterocycles. The second-order valence-corrected chi connectivity index (χ2v) is 6.11. The van der Waals surface area contributed by atoms with Crippen LogP contribution in [0.3, 0.4) is 0 Å². The molecule has 1 N–H and O–H groups in total. The lowest BCUT2D eigenvalue weighted by atomic mass is 10.0. The lowest BCUT2D eigenvalue weighted by Crippen LogP contribution is -2.50. The number of aromatic nitrogens is 2. The van der Waals surface area contributed by atoms with Crippen molar-refractivity contribution < 1.29 is 0 Å². The Kier molecular flexibility index (Phi) is 4.99. The molecule has 2 heterocycles. The van der Waals surface area contributed by atoms with Gasteiger partial charge in [-0.25, -0.2) is 0 Å².